The summed E-state index contributed by atoms with van der Waals surface area (Å²) in [5.74, 6) is -0.458. The predicted octanol–water partition coefficient (Wildman–Crippen LogP) is 6.20. The molecule has 0 aliphatic heterocycles. The van der Waals surface area contributed by atoms with E-state index in [1.165, 1.54) is 17.0 Å². The molecule has 3 aromatic rings. The summed E-state index contributed by atoms with van der Waals surface area (Å²) in [4.78, 5) is 26.6. The van der Waals surface area contributed by atoms with Gasteiger partial charge in [0.2, 0.25) is 5.91 Å². The van der Waals surface area contributed by atoms with Gasteiger partial charge in [-0.25, -0.2) is 0 Å². The number of alkyl halides is 3. The van der Waals surface area contributed by atoms with Gasteiger partial charge in [-0.2, -0.15) is 13.2 Å². The second-order valence-electron chi connectivity index (χ2n) is 7.87. The van der Waals surface area contributed by atoms with Gasteiger partial charge in [0.05, 0.1) is 5.56 Å². The molecule has 0 aliphatic carbocycles. The fourth-order valence-corrected chi connectivity index (χ4v) is 3.58. The summed E-state index contributed by atoms with van der Waals surface area (Å²) < 4.78 is 39.4. The van der Waals surface area contributed by atoms with E-state index >= 15 is 0 Å². The molecule has 3 rings (SSSR count). The number of fused-ring (bicyclic) bond motifs is 1. The van der Waals surface area contributed by atoms with Crippen molar-refractivity contribution in [3.8, 4) is 0 Å². The third kappa shape index (κ3) is 6.57. The molecule has 0 aliphatic rings. The molecule has 0 saturated heterocycles. The van der Waals surface area contributed by atoms with Crippen LogP contribution in [-0.4, -0.2) is 24.9 Å². The largest absolute Gasteiger partial charge is 0.416 e. The first-order valence-corrected chi connectivity index (χ1v) is 11.0. The maximum Gasteiger partial charge on any atom is 0.416 e. The summed E-state index contributed by atoms with van der Waals surface area (Å²) in [6, 6.07) is 18.0. The minimum Gasteiger partial charge on any atom is -0.352 e. The molecule has 33 heavy (non-hydrogen) atoms. The first-order chi connectivity index (χ1) is 15.8. The number of rotatable bonds is 9. The van der Waals surface area contributed by atoms with Gasteiger partial charge in [0.15, 0.2) is 0 Å². The molecule has 0 bridgehead atoms. The molecule has 174 valence electrons. The Balaban J connectivity index is 1.64. The van der Waals surface area contributed by atoms with Gasteiger partial charge in [0, 0.05) is 30.8 Å². The number of nitrogens with one attached hydrogen (secondary N) is 1. The molecule has 0 fully saturated rings. The highest BCUT2D eigenvalue weighted by molar-refractivity contribution is 5.98. The van der Waals surface area contributed by atoms with Crippen LogP contribution in [0.4, 0.5) is 18.9 Å². The van der Waals surface area contributed by atoms with Gasteiger partial charge in [-0.15, -0.1) is 0 Å². The van der Waals surface area contributed by atoms with E-state index in [9.17, 15) is 22.8 Å². The van der Waals surface area contributed by atoms with Crippen LogP contribution in [-0.2, 0) is 11.0 Å². The highest BCUT2D eigenvalue weighted by Crippen LogP contribution is 2.32. The van der Waals surface area contributed by atoms with Gasteiger partial charge < -0.3 is 10.2 Å². The van der Waals surface area contributed by atoms with Crippen molar-refractivity contribution in [3.63, 3.8) is 0 Å². The topological polar surface area (TPSA) is 49.4 Å². The molecule has 7 heteroatoms. The molecule has 1 N–H and O–H groups in total. The van der Waals surface area contributed by atoms with Crippen LogP contribution in [0, 0.1) is 0 Å². The molecular formula is C26H27F3N2O2. The Bertz CT molecular complexity index is 1110. The number of unbranched alkanes of at least 4 members (excludes halogenated alkanes) is 1. The van der Waals surface area contributed by atoms with E-state index in [1.54, 1.807) is 6.07 Å². The van der Waals surface area contributed by atoms with E-state index in [4.69, 9.17) is 0 Å². The summed E-state index contributed by atoms with van der Waals surface area (Å²) in [5, 5.41) is 4.83. The molecule has 0 atom stereocenters. The Morgan fingerprint density at radius 2 is 1.67 bits per heavy atom. The van der Waals surface area contributed by atoms with Crippen LogP contribution in [0.5, 0.6) is 0 Å². The smallest absolute Gasteiger partial charge is 0.352 e. The Hall–Kier alpha value is -3.35. The molecule has 2 amide bonds. The predicted molar refractivity (Wildman–Crippen MR) is 124 cm³/mol. The van der Waals surface area contributed by atoms with Gasteiger partial charge in [-0.05, 0) is 53.9 Å². The molecule has 0 aromatic heterocycles. The van der Waals surface area contributed by atoms with Crippen molar-refractivity contribution in [2.45, 2.75) is 38.8 Å². The van der Waals surface area contributed by atoms with Crippen LogP contribution in [0.25, 0.3) is 10.8 Å². The number of halogens is 3. The third-order valence-electron chi connectivity index (χ3n) is 5.39. The first-order valence-electron chi connectivity index (χ1n) is 11.0. The van der Waals surface area contributed by atoms with Gasteiger partial charge in [0.25, 0.3) is 5.91 Å². The van der Waals surface area contributed by atoms with E-state index in [0.717, 1.165) is 29.3 Å². The van der Waals surface area contributed by atoms with Crippen molar-refractivity contribution < 1.29 is 22.8 Å². The lowest BCUT2D eigenvalue weighted by atomic mass is 10.1. The van der Waals surface area contributed by atoms with Crippen molar-refractivity contribution in [2.75, 3.05) is 18.0 Å². The van der Waals surface area contributed by atoms with E-state index in [-0.39, 0.29) is 30.5 Å². The van der Waals surface area contributed by atoms with Crippen molar-refractivity contribution in [3.05, 3.63) is 77.9 Å². The van der Waals surface area contributed by atoms with Gasteiger partial charge in [0.1, 0.15) is 0 Å². The number of benzene rings is 3. The van der Waals surface area contributed by atoms with Crippen molar-refractivity contribution in [1.29, 1.82) is 0 Å². The van der Waals surface area contributed by atoms with Crippen LogP contribution in [0.15, 0.2) is 66.7 Å². The Labute approximate surface area is 191 Å². The summed E-state index contributed by atoms with van der Waals surface area (Å²) in [6.07, 6.45) is -2.34. The zero-order valence-electron chi connectivity index (χ0n) is 18.5. The number of hydrogen-bond acceptors (Lipinski definition) is 2. The molecular weight excluding hydrogens is 429 g/mol. The third-order valence-corrected chi connectivity index (χ3v) is 5.39. The maximum absolute atomic E-state index is 13.1. The highest BCUT2D eigenvalue weighted by Gasteiger charge is 2.31. The van der Waals surface area contributed by atoms with Crippen LogP contribution in [0.3, 0.4) is 0 Å². The van der Waals surface area contributed by atoms with E-state index in [1.807, 2.05) is 43.3 Å². The zero-order valence-corrected chi connectivity index (χ0v) is 18.5. The zero-order chi connectivity index (χ0) is 23.8. The van der Waals surface area contributed by atoms with Gasteiger partial charge in [-0.1, -0.05) is 49.7 Å². The monoisotopic (exact) mass is 456 g/mol. The standard InChI is InChI=1S/C26H27F3N2O2/c1-2-3-12-24(32)31(23-11-6-10-22(18-23)26(27,28)29)16-7-15-30-25(33)21-14-13-19-8-4-5-9-20(19)17-21/h4-6,8-11,13-14,17-18H,2-3,7,12,15-16H2,1H3,(H,30,33). The number of anilines is 1. The van der Waals surface area contributed by atoms with E-state index < -0.39 is 11.7 Å². The summed E-state index contributed by atoms with van der Waals surface area (Å²) >= 11 is 0. The van der Waals surface area contributed by atoms with Crippen molar-refractivity contribution >= 4 is 28.3 Å². The SMILES string of the molecule is CCCCC(=O)N(CCCNC(=O)c1ccc2ccccc2c1)c1cccc(C(F)(F)F)c1. The highest BCUT2D eigenvalue weighted by atomic mass is 19.4. The van der Waals surface area contributed by atoms with E-state index in [2.05, 4.69) is 5.32 Å². The quantitative estimate of drug-likeness (QED) is 0.390. The number of carbonyl (C=O) groups is 2. The van der Waals surface area contributed by atoms with Crippen molar-refractivity contribution in [2.24, 2.45) is 0 Å². The van der Waals surface area contributed by atoms with Crippen LogP contribution in [0.1, 0.15) is 48.5 Å². The van der Waals surface area contributed by atoms with Crippen LogP contribution < -0.4 is 10.2 Å². The molecule has 3 aromatic carbocycles. The first kappa shape index (κ1) is 24.3. The lowest BCUT2D eigenvalue weighted by Crippen LogP contribution is -2.34. The average molecular weight is 457 g/mol. The summed E-state index contributed by atoms with van der Waals surface area (Å²) in [6.45, 7) is 2.45. The lowest BCUT2D eigenvalue weighted by Gasteiger charge is -2.24. The molecule has 0 unspecified atom stereocenters. The van der Waals surface area contributed by atoms with E-state index in [0.29, 0.717) is 24.9 Å². The van der Waals surface area contributed by atoms with Crippen LogP contribution >= 0.6 is 0 Å². The number of amides is 2. The van der Waals surface area contributed by atoms with Gasteiger partial charge >= 0.3 is 6.18 Å². The fourth-order valence-electron chi connectivity index (χ4n) is 3.58. The molecule has 4 nitrogen and oxygen atoms in total. The minimum absolute atomic E-state index is 0.210. The molecule has 0 heterocycles. The molecule has 0 radical (unpaired) electrons. The van der Waals surface area contributed by atoms with Crippen LogP contribution in [0.2, 0.25) is 0 Å². The summed E-state index contributed by atoms with van der Waals surface area (Å²) in [5.41, 5.74) is -0.0489. The maximum atomic E-state index is 13.1. The Morgan fingerprint density at radius 1 is 0.909 bits per heavy atom. The fraction of sp³-hybridized carbons (Fsp3) is 0.308. The molecule has 0 spiro atoms. The molecule has 0 saturated carbocycles. The second-order valence-corrected chi connectivity index (χ2v) is 7.87. The van der Waals surface area contributed by atoms with Crippen molar-refractivity contribution in [1.82, 2.24) is 5.32 Å². The van der Waals surface area contributed by atoms with Gasteiger partial charge in [-0.3, -0.25) is 9.59 Å². The number of carbonyl (C=O) groups excluding carboxylic acids is 2. The Kier molecular flexibility index (Phi) is 8.09. The number of nitrogens with zero attached hydrogens (tertiary/aromatic N) is 1. The Morgan fingerprint density at radius 3 is 2.39 bits per heavy atom. The number of hydrogen-bond donors (Lipinski definition) is 1. The second kappa shape index (κ2) is 11.0. The normalized spacial score (nSPS) is 11.4. The average Bonchev–Trinajstić information content (AvgIpc) is 2.81. The summed E-state index contributed by atoms with van der Waals surface area (Å²) in [7, 11) is 0. The minimum atomic E-state index is -4.48. The lowest BCUT2D eigenvalue weighted by molar-refractivity contribution is -0.137.